The molecular weight excluding hydrogens is 328 g/mol. The van der Waals surface area contributed by atoms with E-state index in [2.05, 4.69) is 10.2 Å². The number of carbonyl (C=O) groups excluding carboxylic acids is 2. The maximum absolute atomic E-state index is 11.5. The third kappa shape index (κ3) is 8.14. The summed E-state index contributed by atoms with van der Waals surface area (Å²) in [5.74, 6) is -0.690. The Bertz CT molecular complexity index is 643. The Kier molecular flexibility index (Phi) is 8.22. The van der Waals surface area contributed by atoms with Gasteiger partial charge in [-0.2, -0.15) is 5.26 Å². The summed E-state index contributed by atoms with van der Waals surface area (Å²) in [6.45, 7) is 4.40. The van der Waals surface area contributed by atoms with E-state index >= 15 is 0 Å². The number of urea groups is 1. The quantitative estimate of drug-likeness (QED) is 0.430. The molecule has 0 heterocycles. The van der Waals surface area contributed by atoms with Gasteiger partial charge in [0, 0.05) is 18.9 Å². The molecule has 1 rings (SSSR count). The fourth-order valence-corrected chi connectivity index (χ4v) is 1.89. The second-order valence-corrected chi connectivity index (χ2v) is 6.77. The Morgan fingerprint density at radius 1 is 1.30 bits per heavy atom. The number of hydrogen-bond donors (Lipinski definition) is 3. The van der Waals surface area contributed by atoms with Crippen molar-refractivity contribution in [2.45, 2.75) is 31.7 Å². The van der Waals surface area contributed by atoms with Crippen LogP contribution in [0.1, 0.15) is 20.8 Å². The van der Waals surface area contributed by atoms with E-state index in [1.165, 1.54) is 18.2 Å². The van der Waals surface area contributed by atoms with E-state index in [1.807, 2.05) is 0 Å². The van der Waals surface area contributed by atoms with Crippen LogP contribution in [0, 0.1) is 0 Å². The number of sulfone groups is 1. The van der Waals surface area contributed by atoms with Crippen LogP contribution in [-0.2, 0) is 19.5 Å². The van der Waals surface area contributed by atoms with Gasteiger partial charge in [0.25, 0.3) is 0 Å². The van der Waals surface area contributed by atoms with E-state index < -0.39 is 21.8 Å². The third-order valence-corrected chi connectivity index (χ3v) is 3.45. The largest absolute Gasteiger partial charge is 0.345 e. The van der Waals surface area contributed by atoms with Crippen LogP contribution in [0.25, 0.3) is 0 Å². The average Bonchev–Trinajstić information content (AvgIpc) is 2.46. The van der Waals surface area contributed by atoms with Crippen molar-refractivity contribution in [3.63, 3.8) is 0 Å². The van der Waals surface area contributed by atoms with E-state index in [0.717, 1.165) is 13.2 Å². The van der Waals surface area contributed by atoms with E-state index in [0.29, 0.717) is 10.8 Å². The zero-order valence-electron chi connectivity index (χ0n) is 13.2. The minimum Gasteiger partial charge on any atom is -0.306 e. The molecule has 1 aromatic carbocycles. The van der Waals surface area contributed by atoms with Crippen molar-refractivity contribution >= 4 is 27.5 Å². The normalized spacial score (nSPS) is 10.4. The number of hydroxylamine groups is 2. The molecule has 9 nitrogen and oxygen atoms in total. The molecule has 2 amide bonds. The minimum atomic E-state index is -3.33. The van der Waals surface area contributed by atoms with Gasteiger partial charge in [0.1, 0.15) is 0 Å². The first-order valence-electron chi connectivity index (χ1n) is 6.40. The molecule has 0 bridgehead atoms. The Balaban J connectivity index is 0.000000841. The second-order valence-electron chi connectivity index (χ2n) is 4.75. The molecule has 0 saturated heterocycles. The molecule has 0 fully saturated rings. The van der Waals surface area contributed by atoms with Gasteiger partial charge >= 0.3 is 12.0 Å². The van der Waals surface area contributed by atoms with E-state index in [-0.39, 0.29) is 10.9 Å². The number of benzene rings is 1. The van der Waals surface area contributed by atoms with E-state index in [4.69, 9.17) is 5.26 Å². The van der Waals surface area contributed by atoms with Crippen molar-refractivity contribution in [1.82, 2.24) is 5.06 Å². The Labute approximate surface area is 134 Å². The molecule has 0 aliphatic rings. The summed E-state index contributed by atoms with van der Waals surface area (Å²) in [5, 5.41) is 19.6. The summed E-state index contributed by atoms with van der Waals surface area (Å²) in [5.41, 5.74) is 0.308. The van der Waals surface area contributed by atoms with Gasteiger partial charge in [-0.15, -0.1) is 0 Å². The van der Waals surface area contributed by atoms with Gasteiger partial charge < -0.3 is 10.2 Å². The van der Waals surface area contributed by atoms with Crippen LogP contribution in [-0.4, -0.2) is 48.2 Å². The molecule has 0 aromatic heterocycles. The molecule has 0 atom stereocenters. The standard InChI is InChI=1S/C11H16N2O4S.C2H4O3/c1-8(2)13(15)11(14)12-9-5-4-6-10(7-9)18(3,16)17;1-2(3)5-4/h4-8,15H,1-3H3,(H,12,14);4H,1H3. The van der Waals surface area contributed by atoms with E-state index in [9.17, 15) is 23.2 Å². The zero-order valence-corrected chi connectivity index (χ0v) is 14.0. The third-order valence-electron chi connectivity index (χ3n) is 2.34. The van der Waals surface area contributed by atoms with Crippen molar-refractivity contribution in [2.75, 3.05) is 11.6 Å². The molecule has 0 aliphatic carbocycles. The smallest absolute Gasteiger partial charge is 0.306 e. The lowest BCUT2D eigenvalue weighted by molar-refractivity contribution is -0.231. The van der Waals surface area contributed by atoms with Crippen LogP contribution < -0.4 is 5.32 Å². The maximum Gasteiger partial charge on any atom is 0.345 e. The molecule has 0 aliphatic heterocycles. The Morgan fingerprint density at radius 3 is 2.22 bits per heavy atom. The van der Waals surface area contributed by atoms with Crippen LogP contribution in [0.2, 0.25) is 0 Å². The number of anilines is 1. The number of rotatable bonds is 3. The molecule has 0 unspecified atom stereocenters. The van der Waals surface area contributed by atoms with Gasteiger partial charge in [0.2, 0.25) is 0 Å². The van der Waals surface area contributed by atoms with Crippen molar-refractivity contribution in [3.8, 4) is 0 Å². The SMILES string of the molecule is CC(=O)OO.CC(C)N(O)C(=O)Nc1cccc(S(C)(=O)=O)c1. The summed E-state index contributed by atoms with van der Waals surface area (Å²) in [6, 6.07) is 4.74. The van der Waals surface area contributed by atoms with Gasteiger partial charge in [-0.1, -0.05) is 6.07 Å². The molecule has 23 heavy (non-hydrogen) atoms. The highest BCUT2D eigenvalue weighted by Gasteiger charge is 2.15. The van der Waals surface area contributed by atoms with Gasteiger partial charge in [-0.05, 0) is 32.0 Å². The summed E-state index contributed by atoms with van der Waals surface area (Å²) >= 11 is 0. The van der Waals surface area contributed by atoms with Crippen LogP contribution in [0.3, 0.4) is 0 Å². The van der Waals surface area contributed by atoms with Crippen molar-refractivity contribution in [1.29, 1.82) is 0 Å². The lowest BCUT2D eigenvalue weighted by Crippen LogP contribution is -2.37. The zero-order chi connectivity index (χ0) is 18.2. The monoisotopic (exact) mass is 348 g/mol. The highest BCUT2D eigenvalue weighted by molar-refractivity contribution is 7.90. The molecule has 3 N–H and O–H groups in total. The van der Waals surface area contributed by atoms with Crippen molar-refractivity contribution in [3.05, 3.63) is 24.3 Å². The average molecular weight is 348 g/mol. The lowest BCUT2D eigenvalue weighted by Gasteiger charge is -2.19. The van der Waals surface area contributed by atoms with Crippen LogP contribution >= 0.6 is 0 Å². The number of hydrogen-bond acceptors (Lipinski definition) is 7. The number of carbonyl (C=O) groups is 2. The number of amides is 2. The van der Waals surface area contributed by atoms with Crippen LogP contribution in [0.4, 0.5) is 10.5 Å². The first kappa shape index (κ1) is 20.8. The molecule has 10 heteroatoms. The molecule has 130 valence electrons. The predicted octanol–water partition coefficient (Wildman–Crippen LogP) is 1.74. The fraction of sp³-hybridized carbons (Fsp3) is 0.385. The number of nitrogens with one attached hydrogen (secondary N) is 1. The highest BCUT2D eigenvalue weighted by Crippen LogP contribution is 2.15. The summed E-state index contributed by atoms with van der Waals surface area (Å²) in [6.07, 6.45) is 1.08. The molecular formula is C13H20N2O7S. The first-order valence-corrected chi connectivity index (χ1v) is 8.29. The maximum atomic E-state index is 11.5. The predicted molar refractivity (Wildman–Crippen MR) is 81.7 cm³/mol. The molecule has 0 saturated carbocycles. The highest BCUT2D eigenvalue weighted by atomic mass is 32.2. The Hall–Kier alpha value is -2.17. The van der Waals surface area contributed by atoms with Crippen molar-refractivity contribution in [2.24, 2.45) is 0 Å². The van der Waals surface area contributed by atoms with Gasteiger partial charge in [0.15, 0.2) is 9.84 Å². The van der Waals surface area contributed by atoms with Crippen molar-refractivity contribution < 1.29 is 33.4 Å². The van der Waals surface area contributed by atoms with Crippen LogP contribution in [0.15, 0.2) is 29.2 Å². The van der Waals surface area contributed by atoms with Gasteiger partial charge in [-0.3, -0.25) is 5.21 Å². The van der Waals surface area contributed by atoms with Gasteiger partial charge in [0.05, 0.1) is 10.9 Å². The van der Waals surface area contributed by atoms with E-state index in [1.54, 1.807) is 19.9 Å². The summed E-state index contributed by atoms with van der Waals surface area (Å²) in [4.78, 5) is 24.1. The Morgan fingerprint density at radius 2 is 1.83 bits per heavy atom. The topological polar surface area (TPSA) is 133 Å². The van der Waals surface area contributed by atoms with Gasteiger partial charge in [-0.25, -0.2) is 23.1 Å². The minimum absolute atomic E-state index is 0.106. The summed E-state index contributed by atoms with van der Waals surface area (Å²) < 4.78 is 22.7. The lowest BCUT2D eigenvalue weighted by atomic mass is 10.3. The molecule has 0 spiro atoms. The first-order chi connectivity index (χ1) is 10.5. The van der Waals surface area contributed by atoms with Crippen LogP contribution in [0.5, 0.6) is 0 Å². The fourth-order valence-electron chi connectivity index (χ4n) is 1.22. The summed E-state index contributed by atoms with van der Waals surface area (Å²) in [7, 11) is -3.33. The second kappa shape index (κ2) is 9.08. The molecule has 1 aromatic rings. The molecule has 0 radical (unpaired) electrons. The number of nitrogens with zero attached hydrogens (tertiary/aromatic N) is 1.